The predicted molar refractivity (Wildman–Crippen MR) is 95.8 cm³/mol. The Bertz CT molecular complexity index is 612. The van der Waals surface area contributed by atoms with E-state index in [-0.39, 0.29) is 23.7 Å². The quantitative estimate of drug-likeness (QED) is 0.732. The number of carbonyl (C=O) groups is 2. The first-order valence-corrected chi connectivity index (χ1v) is 8.57. The lowest BCUT2D eigenvalue weighted by atomic mass is 9.79. The molecule has 1 fully saturated rings. The van der Waals surface area contributed by atoms with Gasteiger partial charge in [0.2, 0.25) is 0 Å². The van der Waals surface area contributed by atoms with E-state index in [1.165, 1.54) is 0 Å². The Labute approximate surface area is 148 Å². The number of amides is 2. The van der Waals surface area contributed by atoms with Gasteiger partial charge >= 0.3 is 11.8 Å². The molecule has 0 unspecified atom stereocenters. The van der Waals surface area contributed by atoms with Crippen LogP contribution >= 0.6 is 11.6 Å². The highest BCUT2D eigenvalue weighted by molar-refractivity contribution is 6.35. The van der Waals surface area contributed by atoms with Gasteiger partial charge in [0, 0.05) is 28.7 Å². The molecule has 1 saturated heterocycles. The normalized spacial score (nSPS) is 19.5. The van der Waals surface area contributed by atoms with Crippen molar-refractivity contribution in [2.24, 2.45) is 0 Å². The van der Waals surface area contributed by atoms with Crippen molar-refractivity contribution in [3.05, 3.63) is 34.9 Å². The van der Waals surface area contributed by atoms with Crippen molar-refractivity contribution in [3.8, 4) is 0 Å². The van der Waals surface area contributed by atoms with E-state index >= 15 is 0 Å². The molecule has 3 N–H and O–H groups in total. The minimum Gasteiger partial charge on any atom is -0.345 e. The minimum absolute atomic E-state index is 0.0326. The van der Waals surface area contributed by atoms with Crippen LogP contribution in [0.2, 0.25) is 5.02 Å². The van der Waals surface area contributed by atoms with Crippen LogP contribution < -0.4 is 16.0 Å². The highest BCUT2D eigenvalue weighted by Crippen LogP contribution is 2.28. The smallest absolute Gasteiger partial charge is 0.309 e. The maximum Gasteiger partial charge on any atom is 0.309 e. The monoisotopic (exact) mass is 351 g/mol. The molecule has 2 rings (SSSR count). The standard InChI is InChI=1S/C18H26ClN3O2/c1-17(2)9-13(10-18(3,4)22-17)21-16(24)15(23)20-11-12-7-5-6-8-14(12)19/h5-8,13,22H,9-11H2,1-4H3,(H,20,23)(H,21,24). The van der Waals surface area contributed by atoms with Crippen molar-refractivity contribution in [3.63, 3.8) is 0 Å². The van der Waals surface area contributed by atoms with E-state index in [0.717, 1.165) is 18.4 Å². The second-order valence-corrected chi connectivity index (χ2v) is 8.15. The Morgan fingerprint density at radius 3 is 2.29 bits per heavy atom. The van der Waals surface area contributed by atoms with Gasteiger partial charge in [0.25, 0.3) is 0 Å². The first-order valence-electron chi connectivity index (χ1n) is 8.19. The lowest BCUT2D eigenvalue weighted by Gasteiger charge is -2.46. The lowest BCUT2D eigenvalue weighted by molar-refractivity contribution is -0.140. The summed E-state index contributed by atoms with van der Waals surface area (Å²) in [5, 5.41) is 9.60. The number of hydrogen-bond acceptors (Lipinski definition) is 3. The first kappa shape index (κ1) is 18.7. The van der Waals surface area contributed by atoms with Gasteiger partial charge in [-0.3, -0.25) is 9.59 Å². The molecule has 1 aromatic carbocycles. The van der Waals surface area contributed by atoms with Crippen LogP contribution in [0.3, 0.4) is 0 Å². The molecule has 24 heavy (non-hydrogen) atoms. The molecule has 1 aromatic rings. The molecule has 1 aliphatic heterocycles. The first-order chi connectivity index (χ1) is 11.1. The molecule has 0 bridgehead atoms. The summed E-state index contributed by atoms with van der Waals surface area (Å²) >= 11 is 6.05. The van der Waals surface area contributed by atoms with E-state index in [9.17, 15) is 9.59 Å². The average molecular weight is 352 g/mol. The fourth-order valence-corrected chi connectivity index (χ4v) is 3.78. The predicted octanol–water partition coefficient (Wildman–Crippen LogP) is 2.38. The van der Waals surface area contributed by atoms with E-state index in [4.69, 9.17) is 11.6 Å². The summed E-state index contributed by atoms with van der Waals surface area (Å²) in [7, 11) is 0. The number of carbonyl (C=O) groups excluding carboxylic acids is 2. The zero-order chi connectivity index (χ0) is 18.0. The van der Waals surface area contributed by atoms with Gasteiger partial charge in [0.1, 0.15) is 0 Å². The van der Waals surface area contributed by atoms with Gasteiger partial charge in [-0.2, -0.15) is 0 Å². The minimum atomic E-state index is -0.635. The van der Waals surface area contributed by atoms with Gasteiger partial charge in [0.15, 0.2) is 0 Å². The molecule has 2 amide bonds. The number of rotatable bonds is 3. The van der Waals surface area contributed by atoms with Crippen molar-refractivity contribution in [2.75, 3.05) is 0 Å². The molecule has 5 nitrogen and oxygen atoms in total. The van der Waals surface area contributed by atoms with Crippen LogP contribution in [0.5, 0.6) is 0 Å². The summed E-state index contributed by atoms with van der Waals surface area (Å²) in [5.41, 5.74) is 0.603. The number of nitrogens with one attached hydrogen (secondary N) is 3. The van der Waals surface area contributed by atoms with E-state index < -0.39 is 11.8 Å². The summed E-state index contributed by atoms with van der Waals surface area (Å²) in [6, 6.07) is 7.20. The van der Waals surface area contributed by atoms with Gasteiger partial charge in [-0.1, -0.05) is 29.8 Å². The average Bonchev–Trinajstić information content (AvgIpc) is 2.42. The fraction of sp³-hybridized carbons (Fsp3) is 0.556. The lowest BCUT2D eigenvalue weighted by Crippen LogP contribution is -2.62. The summed E-state index contributed by atoms with van der Waals surface area (Å²) in [5.74, 6) is -1.23. The third-order valence-electron chi connectivity index (χ3n) is 4.13. The zero-order valence-electron chi connectivity index (χ0n) is 14.7. The van der Waals surface area contributed by atoms with E-state index in [0.29, 0.717) is 5.02 Å². The van der Waals surface area contributed by atoms with E-state index in [2.05, 4.69) is 43.6 Å². The van der Waals surface area contributed by atoms with Crippen LogP contribution in [0.15, 0.2) is 24.3 Å². The molecule has 1 heterocycles. The molecule has 1 aliphatic rings. The van der Waals surface area contributed by atoms with Gasteiger partial charge in [-0.25, -0.2) is 0 Å². The summed E-state index contributed by atoms with van der Waals surface area (Å²) in [6.07, 6.45) is 1.56. The highest BCUT2D eigenvalue weighted by atomic mass is 35.5. The maximum atomic E-state index is 12.2. The maximum absolute atomic E-state index is 12.2. The van der Waals surface area contributed by atoms with Gasteiger partial charge < -0.3 is 16.0 Å². The highest BCUT2D eigenvalue weighted by Gasteiger charge is 2.38. The van der Waals surface area contributed by atoms with Crippen LogP contribution in [0.1, 0.15) is 46.1 Å². The van der Waals surface area contributed by atoms with Crippen LogP contribution in [-0.2, 0) is 16.1 Å². The molecule has 0 atom stereocenters. The van der Waals surface area contributed by atoms with Gasteiger partial charge in [-0.15, -0.1) is 0 Å². The fourth-order valence-electron chi connectivity index (χ4n) is 3.57. The largest absolute Gasteiger partial charge is 0.345 e. The number of halogens is 1. The molecule has 0 aromatic heterocycles. The van der Waals surface area contributed by atoms with Crippen molar-refractivity contribution >= 4 is 23.4 Å². The van der Waals surface area contributed by atoms with E-state index in [1.54, 1.807) is 6.07 Å². The SMILES string of the molecule is CC1(C)CC(NC(=O)C(=O)NCc2ccccc2Cl)CC(C)(C)N1. The molecule has 0 saturated carbocycles. The summed E-state index contributed by atoms with van der Waals surface area (Å²) in [6.45, 7) is 8.64. The van der Waals surface area contributed by atoms with Crippen molar-refractivity contribution < 1.29 is 9.59 Å². The Morgan fingerprint density at radius 1 is 1.12 bits per heavy atom. The third-order valence-corrected chi connectivity index (χ3v) is 4.50. The third kappa shape index (κ3) is 5.21. The Hall–Kier alpha value is -1.59. The molecular formula is C18H26ClN3O2. The molecule has 0 aliphatic carbocycles. The zero-order valence-corrected chi connectivity index (χ0v) is 15.5. The number of piperidine rings is 1. The molecule has 132 valence electrons. The molecule has 0 radical (unpaired) electrons. The Balaban J connectivity index is 1.90. The van der Waals surface area contributed by atoms with Crippen molar-refractivity contribution in [1.29, 1.82) is 0 Å². The Kier molecular flexibility index (Phi) is 5.56. The molecule has 6 heteroatoms. The van der Waals surface area contributed by atoms with Crippen molar-refractivity contribution in [1.82, 2.24) is 16.0 Å². The van der Waals surface area contributed by atoms with Crippen LogP contribution in [0.4, 0.5) is 0 Å². The van der Waals surface area contributed by atoms with Crippen LogP contribution in [0, 0.1) is 0 Å². The number of hydrogen-bond donors (Lipinski definition) is 3. The summed E-state index contributed by atoms with van der Waals surface area (Å²) < 4.78 is 0. The number of benzene rings is 1. The topological polar surface area (TPSA) is 70.2 Å². The second-order valence-electron chi connectivity index (χ2n) is 7.75. The van der Waals surface area contributed by atoms with Crippen LogP contribution in [0.25, 0.3) is 0 Å². The van der Waals surface area contributed by atoms with Gasteiger partial charge in [0.05, 0.1) is 0 Å². The van der Waals surface area contributed by atoms with Gasteiger partial charge in [-0.05, 0) is 52.2 Å². The summed E-state index contributed by atoms with van der Waals surface area (Å²) in [4.78, 5) is 24.2. The van der Waals surface area contributed by atoms with Crippen LogP contribution in [-0.4, -0.2) is 28.9 Å². The second kappa shape index (κ2) is 7.11. The van der Waals surface area contributed by atoms with Crippen molar-refractivity contribution in [2.45, 2.75) is 64.2 Å². The molecular weight excluding hydrogens is 326 g/mol. The van der Waals surface area contributed by atoms with E-state index in [1.807, 2.05) is 18.2 Å². The Morgan fingerprint density at radius 2 is 1.71 bits per heavy atom. The molecule has 0 spiro atoms.